The van der Waals surface area contributed by atoms with Crippen LogP contribution in [0.1, 0.15) is 19.4 Å². The van der Waals surface area contributed by atoms with Gasteiger partial charge in [-0.15, -0.1) is 23.1 Å². The number of anilines is 1. The lowest BCUT2D eigenvalue weighted by atomic mass is 10.3. The molecule has 1 aromatic carbocycles. The number of hydrogen-bond donors (Lipinski definition) is 1. The number of hydrogen-bond acceptors (Lipinski definition) is 6. The van der Waals surface area contributed by atoms with Crippen molar-refractivity contribution in [1.29, 1.82) is 5.26 Å². The number of carbonyl (C=O) groups is 2. The van der Waals surface area contributed by atoms with E-state index < -0.39 is 23.2 Å². The first kappa shape index (κ1) is 19.3. The molecule has 0 saturated carbocycles. The first-order chi connectivity index (χ1) is 11.9. The Labute approximate surface area is 158 Å². The molecular formula is C17H15ClN2O3S2. The predicted octanol–water partition coefficient (Wildman–Crippen LogP) is 4.32. The summed E-state index contributed by atoms with van der Waals surface area (Å²) in [6.45, 7) is 3.20. The molecule has 1 amide bonds. The number of carbonyl (C=O) groups excluding carboxylic acids is 2. The van der Waals surface area contributed by atoms with Gasteiger partial charge in [0.2, 0.25) is 0 Å². The number of rotatable bonds is 6. The van der Waals surface area contributed by atoms with Gasteiger partial charge in [-0.3, -0.25) is 9.59 Å². The number of thioether (sulfide) groups is 1. The highest BCUT2D eigenvalue weighted by Gasteiger charge is 2.23. The van der Waals surface area contributed by atoms with Crippen LogP contribution in [0.5, 0.6) is 0 Å². The molecule has 0 saturated heterocycles. The summed E-state index contributed by atoms with van der Waals surface area (Å²) in [5.41, 5.74) is 0.378. The van der Waals surface area contributed by atoms with Gasteiger partial charge in [-0.1, -0.05) is 11.6 Å². The van der Waals surface area contributed by atoms with Crippen LogP contribution in [0.25, 0.3) is 0 Å². The summed E-state index contributed by atoms with van der Waals surface area (Å²) >= 11 is 8.39. The topological polar surface area (TPSA) is 79.2 Å². The molecular weight excluding hydrogens is 380 g/mol. The molecule has 8 heteroatoms. The second-order valence-electron chi connectivity index (χ2n) is 5.06. The van der Waals surface area contributed by atoms with Crippen LogP contribution in [0.4, 0.5) is 5.00 Å². The zero-order valence-electron chi connectivity index (χ0n) is 13.5. The van der Waals surface area contributed by atoms with E-state index in [1.807, 2.05) is 18.2 Å². The van der Waals surface area contributed by atoms with E-state index in [9.17, 15) is 9.59 Å². The SMILES string of the molecule is C[C@H](OC(=O)[C@@H](C)Sc1ccc(Cl)cc1)C(=O)Nc1sccc1C#N. The Kier molecular flexibility index (Phi) is 6.88. The Hall–Kier alpha value is -2.01. The molecule has 1 N–H and O–H groups in total. The van der Waals surface area contributed by atoms with E-state index >= 15 is 0 Å². The Morgan fingerprint density at radius 3 is 2.60 bits per heavy atom. The van der Waals surface area contributed by atoms with Crippen molar-refractivity contribution in [2.75, 3.05) is 5.32 Å². The van der Waals surface area contributed by atoms with Crippen molar-refractivity contribution >= 4 is 51.6 Å². The average molecular weight is 395 g/mol. The number of benzene rings is 1. The van der Waals surface area contributed by atoms with Crippen LogP contribution in [0.15, 0.2) is 40.6 Å². The Morgan fingerprint density at radius 2 is 1.96 bits per heavy atom. The smallest absolute Gasteiger partial charge is 0.319 e. The third-order valence-electron chi connectivity index (χ3n) is 3.14. The second-order valence-corrected chi connectivity index (χ2v) is 7.82. The fourth-order valence-electron chi connectivity index (χ4n) is 1.80. The summed E-state index contributed by atoms with van der Waals surface area (Å²) < 4.78 is 5.22. The van der Waals surface area contributed by atoms with Crippen molar-refractivity contribution < 1.29 is 14.3 Å². The van der Waals surface area contributed by atoms with Crippen LogP contribution in [0, 0.1) is 11.3 Å². The summed E-state index contributed by atoms with van der Waals surface area (Å²) in [6.07, 6.45) is -0.964. The number of nitriles is 1. The Bertz CT molecular complexity index is 799. The molecule has 2 aromatic rings. The van der Waals surface area contributed by atoms with Crippen LogP contribution >= 0.6 is 34.7 Å². The maximum absolute atomic E-state index is 12.2. The quantitative estimate of drug-likeness (QED) is 0.582. The molecule has 0 fully saturated rings. The number of nitrogens with one attached hydrogen (secondary N) is 1. The van der Waals surface area contributed by atoms with Gasteiger partial charge in [0.05, 0.1) is 5.56 Å². The maximum atomic E-state index is 12.2. The molecule has 0 aliphatic heterocycles. The molecule has 5 nitrogen and oxygen atoms in total. The van der Waals surface area contributed by atoms with Crippen molar-refractivity contribution in [3.63, 3.8) is 0 Å². The minimum atomic E-state index is -0.964. The van der Waals surface area contributed by atoms with E-state index in [2.05, 4.69) is 5.32 Å². The predicted molar refractivity (Wildman–Crippen MR) is 100.0 cm³/mol. The highest BCUT2D eigenvalue weighted by atomic mass is 35.5. The van der Waals surface area contributed by atoms with E-state index in [4.69, 9.17) is 21.6 Å². The van der Waals surface area contributed by atoms with Gasteiger partial charge in [0.1, 0.15) is 16.3 Å². The van der Waals surface area contributed by atoms with E-state index in [0.717, 1.165) is 4.90 Å². The molecule has 130 valence electrons. The standard InChI is InChI=1S/C17H15ClN2O3S2/c1-10(15(21)20-16-12(9-19)7-8-24-16)23-17(22)11(2)25-14-5-3-13(18)4-6-14/h3-8,10-11H,1-2H3,(H,20,21)/t10-,11+/m0/s1. The van der Waals surface area contributed by atoms with Crippen molar-refractivity contribution in [2.24, 2.45) is 0 Å². The highest BCUT2D eigenvalue weighted by Crippen LogP contribution is 2.26. The summed E-state index contributed by atoms with van der Waals surface area (Å²) in [7, 11) is 0. The number of thiophene rings is 1. The lowest BCUT2D eigenvalue weighted by Gasteiger charge is -2.16. The fraction of sp³-hybridized carbons (Fsp3) is 0.235. The van der Waals surface area contributed by atoms with Gasteiger partial charge in [-0.2, -0.15) is 5.26 Å². The van der Waals surface area contributed by atoms with Crippen LogP contribution in [0.2, 0.25) is 5.02 Å². The van der Waals surface area contributed by atoms with Crippen molar-refractivity contribution in [2.45, 2.75) is 30.1 Å². The van der Waals surface area contributed by atoms with Gasteiger partial charge >= 0.3 is 5.97 Å². The summed E-state index contributed by atoms with van der Waals surface area (Å²) in [6, 6.07) is 10.7. The van der Waals surface area contributed by atoms with Crippen LogP contribution in [-0.2, 0) is 14.3 Å². The van der Waals surface area contributed by atoms with Gasteiger partial charge < -0.3 is 10.1 Å². The third-order valence-corrected chi connectivity index (χ3v) is 5.32. The molecule has 1 heterocycles. The summed E-state index contributed by atoms with van der Waals surface area (Å²) in [5, 5.41) is 13.8. The van der Waals surface area contributed by atoms with E-state index in [1.54, 1.807) is 30.5 Å². The van der Waals surface area contributed by atoms with Crippen molar-refractivity contribution in [3.05, 3.63) is 46.3 Å². The Balaban J connectivity index is 1.89. The first-order valence-electron chi connectivity index (χ1n) is 7.32. The maximum Gasteiger partial charge on any atom is 0.319 e. The molecule has 1 aromatic heterocycles. The number of ether oxygens (including phenoxy) is 1. The number of halogens is 1. The monoisotopic (exact) mass is 394 g/mol. The van der Waals surface area contributed by atoms with Gasteiger partial charge in [0, 0.05) is 9.92 Å². The van der Waals surface area contributed by atoms with Crippen LogP contribution in [-0.4, -0.2) is 23.2 Å². The van der Waals surface area contributed by atoms with E-state index in [1.165, 1.54) is 30.0 Å². The second kappa shape index (κ2) is 8.90. The largest absolute Gasteiger partial charge is 0.452 e. The molecule has 0 spiro atoms. The third kappa shape index (κ3) is 5.49. The molecule has 2 rings (SSSR count). The number of amides is 1. The van der Waals surface area contributed by atoms with Gasteiger partial charge in [-0.05, 0) is 49.6 Å². The average Bonchev–Trinajstić information content (AvgIpc) is 3.03. The number of nitrogens with zero attached hydrogens (tertiary/aromatic N) is 1. The summed E-state index contributed by atoms with van der Waals surface area (Å²) in [5.74, 6) is -0.967. The molecule has 2 atom stereocenters. The number of esters is 1. The minimum absolute atomic E-state index is 0.378. The van der Waals surface area contributed by atoms with E-state index in [0.29, 0.717) is 15.6 Å². The molecule has 0 unspecified atom stereocenters. The van der Waals surface area contributed by atoms with Crippen LogP contribution in [0.3, 0.4) is 0 Å². The van der Waals surface area contributed by atoms with Crippen molar-refractivity contribution in [1.82, 2.24) is 0 Å². The molecule has 0 aliphatic rings. The van der Waals surface area contributed by atoms with Gasteiger partial charge in [0.15, 0.2) is 6.10 Å². The van der Waals surface area contributed by atoms with Crippen LogP contribution < -0.4 is 5.32 Å². The van der Waals surface area contributed by atoms with Crippen molar-refractivity contribution in [3.8, 4) is 6.07 Å². The first-order valence-corrected chi connectivity index (χ1v) is 9.45. The molecule has 25 heavy (non-hydrogen) atoms. The fourth-order valence-corrected chi connectivity index (χ4v) is 3.52. The van der Waals surface area contributed by atoms with Gasteiger partial charge in [0.25, 0.3) is 5.91 Å². The summed E-state index contributed by atoms with van der Waals surface area (Å²) in [4.78, 5) is 25.2. The zero-order valence-corrected chi connectivity index (χ0v) is 15.9. The molecule has 0 bridgehead atoms. The molecule has 0 radical (unpaired) electrons. The van der Waals surface area contributed by atoms with Gasteiger partial charge in [-0.25, -0.2) is 0 Å². The Morgan fingerprint density at radius 1 is 1.28 bits per heavy atom. The highest BCUT2D eigenvalue weighted by molar-refractivity contribution is 8.00. The normalized spacial score (nSPS) is 12.7. The lowest BCUT2D eigenvalue weighted by Crippen LogP contribution is -2.32. The van der Waals surface area contributed by atoms with E-state index in [-0.39, 0.29) is 0 Å². The zero-order chi connectivity index (χ0) is 18.4. The molecule has 0 aliphatic carbocycles. The lowest BCUT2D eigenvalue weighted by molar-refractivity contribution is -0.152. The minimum Gasteiger partial charge on any atom is -0.452 e.